The number of halogens is 1. The normalized spacial score (nSPS) is 11.0. The lowest BCUT2D eigenvalue weighted by Gasteiger charge is -2.08. The van der Waals surface area contributed by atoms with Gasteiger partial charge in [0.15, 0.2) is 0 Å². The molecule has 108 valence electrons. The van der Waals surface area contributed by atoms with Crippen molar-refractivity contribution in [3.05, 3.63) is 70.7 Å². The maximum absolute atomic E-state index is 11.4. The highest BCUT2D eigenvalue weighted by atomic mass is 35.5. The minimum atomic E-state index is -0.583. The van der Waals surface area contributed by atoms with Gasteiger partial charge in [-0.1, -0.05) is 54.1 Å². The monoisotopic (exact) mass is 302 g/mol. The number of hydrogen-bond acceptors (Lipinski definition) is 3. The maximum Gasteiger partial charge on any atom is 0.427 e. The van der Waals surface area contributed by atoms with Crippen LogP contribution >= 0.6 is 11.6 Å². The van der Waals surface area contributed by atoms with Crippen molar-refractivity contribution in [2.24, 2.45) is 5.10 Å². The Morgan fingerprint density at radius 2 is 1.71 bits per heavy atom. The lowest BCUT2D eigenvalue weighted by molar-refractivity contribution is 0.152. The molecule has 0 radical (unpaired) electrons. The van der Waals surface area contributed by atoms with Gasteiger partial charge in [-0.15, -0.1) is 0 Å². The number of rotatable bonds is 4. The van der Waals surface area contributed by atoms with Crippen LogP contribution in [0.15, 0.2) is 59.7 Å². The Hall–Kier alpha value is -2.33. The number of carbonyl (C=O) groups excluding carboxylic acids is 1. The van der Waals surface area contributed by atoms with Crippen LogP contribution in [-0.2, 0) is 4.74 Å². The molecule has 0 spiro atoms. The van der Waals surface area contributed by atoms with Crippen LogP contribution in [0, 0.1) is 0 Å². The number of ether oxygens (including phenoxy) is 1. The van der Waals surface area contributed by atoms with E-state index in [1.807, 2.05) is 42.5 Å². The first-order valence-corrected chi connectivity index (χ1v) is 6.90. The highest BCUT2D eigenvalue weighted by Crippen LogP contribution is 2.14. The second-order valence-electron chi connectivity index (χ2n) is 4.17. The van der Waals surface area contributed by atoms with Crippen molar-refractivity contribution in [1.82, 2.24) is 5.43 Å². The van der Waals surface area contributed by atoms with Crippen molar-refractivity contribution < 1.29 is 9.53 Å². The average molecular weight is 303 g/mol. The smallest absolute Gasteiger partial charge is 0.427 e. The third kappa shape index (κ3) is 4.33. The zero-order valence-electron chi connectivity index (χ0n) is 11.5. The largest absolute Gasteiger partial charge is 0.449 e. The fourth-order valence-corrected chi connectivity index (χ4v) is 1.89. The van der Waals surface area contributed by atoms with Gasteiger partial charge in [0.1, 0.15) is 0 Å². The molecule has 0 saturated carbocycles. The molecule has 0 aliphatic carbocycles. The molecule has 0 saturated heterocycles. The Morgan fingerprint density at radius 1 is 1.10 bits per heavy atom. The first kappa shape index (κ1) is 15.1. The van der Waals surface area contributed by atoms with Crippen molar-refractivity contribution >= 4 is 23.4 Å². The lowest BCUT2D eigenvalue weighted by atomic mass is 10.0. The second-order valence-corrected chi connectivity index (χ2v) is 4.60. The summed E-state index contributed by atoms with van der Waals surface area (Å²) < 4.78 is 4.80. The maximum atomic E-state index is 11.4. The topological polar surface area (TPSA) is 50.7 Å². The molecule has 0 heterocycles. The third-order valence-corrected chi connectivity index (χ3v) is 2.95. The van der Waals surface area contributed by atoms with Gasteiger partial charge in [0.25, 0.3) is 0 Å². The van der Waals surface area contributed by atoms with Crippen molar-refractivity contribution in [2.75, 3.05) is 6.61 Å². The summed E-state index contributed by atoms with van der Waals surface area (Å²) in [6.45, 7) is 2.03. The molecule has 1 N–H and O–H groups in total. The highest BCUT2D eigenvalue weighted by molar-refractivity contribution is 6.30. The van der Waals surface area contributed by atoms with Gasteiger partial charge in [-0.25, -0.2) is 10.2 Å². The first-order chi connectivity index (χ1) is 10.2. The van der Waals surface area contributed by atoms with Crippen molar-refractivity contribution in [2.45, 2.75) is 6.92 Å². The molecule has 0 aliphatic heterocycles. The van der Waals surface area contributed by atoms with E-state index in [0.29, 0.717) is 17.3 Å². The predicted octanol–water partition coefficient (Wildman–Crippen LogP) is 3.84. The molecule has 0 aliphatic rings. The number of nitrogens with one attached hydrogen (secondary N) is 1. The van der Waals surface area contributed by atoms with Gasteiger partial charge in [-0.05, 0) is 19.1 Å². The first-order valence-electron chi connectivity index (χ1n) is 6.52. The summed E-state index contributed by atoms with van der Waals surface area (Å²) in [7, 11) is 0. The summed E-state index contributed by atoms with van der Waals surface area (Å²) in [5.41, 5.74) is 4.76. The molecule has 2 aromatic carbocycles. The molecule has 2 rings (SSSR count). The minimum absolute atomic E-state index is 0.295. The van der Waals surface area contributed by atoms with E-state index < -0.39 is 6.09 Å². The Balaban J connectivity index is 2.33. The molecule has 0 aromatic heterocycles. The highest BCUT2D eigenvalue weighted by Gasteiger charge is 2.08. The quantitative estimate of drug-likeness (QED) is 0.689. The molecule has 5 heteroatoms. The molecule has 4 nitrogen and oxygen atoms in total. The number of amides is 1. The Bertz CT molecular complexity index is 624. The van der Waals surface area contributed by atoms with Crippen molar-refractivity contribution in [1.29, 1.82) is 0 Å². The Morgan fingerprint density at radius 3 is 2.33 bits per heavy atom. The zero-order valence-corrected chi connectivity index (χ0v) is 12.3. The van der Waals surface area contributed by atoms with E-state index in [4.69, 9.17) is 16.3 Å². The van der Waals surface area contributed by atoms with E-state index in [9.17, 15) is 4.79 Å². The molecular formula is C16H15ClN2O2. The van der Waals surface area contributed by atoms with Crippen LogP contribution in [0.1, 0.15) is 18.1 Å². The van der Waals surface area contributed by atoms with Gasteiger partial charge in [0.05, 0.1) is 12.3 Å². The Kier molecular flexibility index (Phi) is 5.35. The Labute approximate surface area is 128 Å². The molecule has 2 aromatic rings. The summed E-state index contributed by atoms with van der Waals surface area (Å²) in [6, 6.07) is 16.8. The van der Waals surface area contributed by atoms with Gasteiger partial charge >= 0.3 is 6.09 Å². The second kappa shape index (κ2) is 7.45. The third-order valence-electron chi connectivity index (χ3n) is 2.70. The van der Waals surface area contributed by atoms with Gasteiger partial charge in [0, 0.05) is 16.1 Å². The van der Waals surface area contributed by atoms with Crippen molar-refractivity contribution in [3.8, 4) is 0 Å². The zero-order chi connectivity index (χ0) is 15.1. The molecular weight excluding hydrogens is 288 g/mol. The number of nitrogens with zero attached hydrogens (tertiary/aromatic N) is 1. The van der Waals surface area contributed by atoms with E-state index in [1.54, 1.807) is 19.1 Å². The summed E-state index contributed by atoms with van der Waals surface area (Å²) in [6.07, 6.45) is -0.583. The van der Waals surface area contributed by atoms with Crippen LogP contribution in [0.5, 0.6) is 0 Å². The van der Waals surface area contributed by atoms with Crippen molar-refractivity contribution in [3.63, 3.8) is 0 Å². The van der Waals surface area contributed by atoms with Gasteiger partial charge in [-0.3, -0.25) is 0 Å². The summed E-state index contributed by atoms with van der Waals surface area (Å²) in [5.74, 6) is 0. The molecule has 0 bridgehead atoms. The van der Waals surface area contributed by atoms with Gasteiger partial charge in [0.2, 0.25) is 0 Å². The van der Waals surface area contributed by atoms with E-state index >= 15 is 0 Å². The molecule has 0 atom stereocenters. The summed E-state index contributed by atoms with van der Waals surface area (Å²) in [5, 5.41) is 4.80. The van der Waals surface area contributed by atoms with Crippen LogP contribution in [0.4, 0.5) is 4.79 Å². The molecule has 1 amide bonds. The van der Waals surface area contributed by atoms with Gasteiger partial charge in [-0.2, -0.15) is 5.10 Å². The molecule has 0 fully saturated rings. The lowest BCUT2D eigenvalue weighted by Crippen LogP contribution is -2.21. The fourth-order valence-electron chi connectivity index (χ4n) is 1.76. The molecule has 21 heavy (non-hydrogen) atoms. The van der Waals surface area contributed by atoms with E-state index in [-0.39, 0.29) is 0 Å². The van der Waals surface area contributed by atoms with Gasteiger partial charge < -0.3 is 4.74 Å². The van der Waals surface area contributed by atoms with Crippen LogP contribution in [0.2, 0.25) is 5.02 Å². The summed E-state index contributed by atoms with van der Waals surface area (Å²) >= 11 is 5.90. The predicted molar refractivity (Wildman–Crippen MR) is 83.7 cm³/mol. The number of benzene rings is 2. The van der Waals surface area contributed by atoms with E-state index in [1.165, 1.54) is 0 Å². The minimum Gasteiger partial charge on any atom is -0.449 e. The number of hydrazone groups is 1. The standard InChI is InChI=1S/C16H15ClN2O2/c1-2-21-16(20)19-18-15(12-6-4-3-5-7-12)13-8-10-14(17)11-9-13/h3-11H,2H2,1H3,(H,19,20)/b18-15+. The summed E-state index contributed by atoms with van der Waals surface area (Å²) in [4.78, 5) is 11.4. The van der Waals surface area contributed by atoms with Crippen LogP contribution in [0.25, 0.3) is 0 Å². The van der Waals surface area contributed by atoms with Crippen LogP contribution in [0.3, 0.4) is 0 Å². The van der Waals surface area contributed by atoms with E-state index in [2.05, 4.69) is 10.5 Å². The van der Waals surface area contributed by atoms with E-state index in [0.717, 1.165) is 11.1 Å². The number of hydrogen-bond donors (Lipinski definition) is 1. The molecule has 0 unspecified atom stereocenters. The average Bonchev–Trinajstić information content (AvgIpc) is 2.50. The fraction of sp³-hybridized carbons (Fsp3) is 0.125. The SMILES string of the molecule is CCOC(=O)N/N=C(\c1ccccc1)c1ccc(Cl)cc1. The number of carbonyl (C=O) groups is 1. The van der Waals surface area contributed by atoms with Crippen LogP contribution in [-0.4, -0.2) is 18.4 Å². The van der Waals surface area contributed by atoms with Crippen LogP contribution < -0.4 is 5.43 Å².